The van der Waals surface area contributed by atoms with Crippen molar-refractivity contribution < 1.29 is 4.79 Å². The zero-order valence-corrected chi connectivity index (χ0v) is 10.2. The normalized spacial score (nSPS) is 25.2. The van der Waals surface area contributed by atoms with Crippen LogP contribution in [-0.2, 0) is 4.79 Å². The smallest absolute Gasteiger partial charge is 0.241 e. The Morgan fingerprint density at radius 1 is 1.38 bits per heavy atom. The van der Waals surface area contributed by atoms with Gasteiger partial charge in [-0.1, -0.05) is 30.7 Å². The Morgan fingerprint density at radius 3 is 2.50 bits per heavy atom. The summed E-state index contributed by atoms with van der Waals surface area (Å²) in [6.07, 6.45) is 0.780. The van der Waals surface area contributed by atoms with Crippen molar-refractivity contribution in [1.29, 1.82) is 0 Å². The Hall–Kier alpha value is -1.06. The summed E-state index contributed by atoms with van der Waals surface area (Å²) in [7, 11) is 1.82. The first-order chi connectivity index (χ1) is 7.63. The fourth-order valence-corrected chi connectivity index (χ4v) is 2.13. The largest absolute Gasteiger partial charge is 0.325 e. The van der Waals surface area contributed by atoms with Gasteiger partial charge in [-0.05, 0) is 24.1 Å². The third-order valence-electron chi connectivity index (χ3n) is 2.99. The van der Waals surface area contributed by atoms with Gasteiger partial charge in [0.25, 0.3) is 0 Å². The summed E-state index contributed by atoms with van der Waals surface area (Å²) in [5.41, 5.74) is 1.07. The molecule has 16 heavy (non-hydrogen) atoms. The molecule has 86 valence electrons. The topological polar surface area (TPSA) is 32.3 Å². The molecule has 1 fully saturated rings. The van der Waals surface area contributed by atoms with Crippen LogP contribution < -0.4 is 5.32 Å². The molecule has 4 heteroatoms. The van der Waals surface area contributed by atoms with Crippen LogP contribution in [0.5, 0.6) is 0 Å². The van der Waals surface area contributed by atoms with E-state index in [9.17, 15) is 4.79 Å². The summed E-state index contributed by atoms with van der Waals surface area (Å²) in [6.45, 7) is 2.01. The van der Waals surface area contributed by atoms with Gasteiger partial charge in [0.1, 0.15) is 6.17 Å². The summed E-state index contributed by atoms with van der Waals surface area (Å²) in [6, 6.07) is 7.52. The summed E-state index contributed by atoms with van der Waals surface area (Å²) in [5.74, 6) is 0.155. The molecule has 0 radical (unpaired) electrons. The fraction of sp³-hybridized carbons (Fsp3) is 0.417. The van der Waals surface area contributed by atoms with Crippen LogP contribution in [0.15, 0.2) is 24.3 Å². The molecule has 0 saturated carbocycles. The first-order valence-corrected chi connectivity index (χ1v) is 5.79. The van der Waals surface area contributed by atoms with Crippen LogP contribution in [0.4, 0.5) is 0 Å². The molecule has 1 aromatic rings. The van der Waals surface area contributed by atoms with E-state index in [4.69, 9.17) is 11.6 Å². The van der Waals surface area contributed by atoms with Crippen LogP contribution in [0.2, 0.25) is 5.02 Å². The lowest BCUT2D eigenvalue weighted by Gasteiger charge is -2.19. The maximum Gasteiger partial charge on any atom is 0.241 e. The number of nitrogens with zero attached hydrogens (tertiary/aromatic N) is 1. The number of hydrogen-bond donors (Lipinski definition) is 1. The zero-order valence-electron chi connectivity index (χ0n) is 9.40. The molecule has 2 unspecified atom stereocenters. The Labute approximate surface area is 100 Å². The Morgan fingerprint density at radius 2 is 2.00 bits per heavy atom. The van der Waals surface area contributed by atoms with Crippen molar-refractivity contribution in [2.45, 2.75) is 25.6 Å². The van der Waals surface area contributed by atoms with E-state index < -0.39 is 0 Å². The number of likely N-dealkylation sites (N-methyl/N-ethyl adjacent to an activating group) is 1. The average Bonchev–Trinajstić information content (AvgIpc) is 2.57. The molecule has 0 aromatic heterocycles. The number of amides is 1. The SMILES string of the molecule is CCC1NC(c2ccc(Cl)cc2)N(C)C1=O. The predicted octanol–water partition coefficient (Wildman–Crippen LogP) is 2.18. The van der Waals surface area contributed by atoms with E-state index in [1.165, 1.54) is 0 Å². The molecular weight excluding hydrogens is 224 g/mol. The molecule has 1 heterocycles. The summed E-state index contributed by atoms with van der Waals surface area (Å²) < 4.78 is 0. The number of halogens is 1. The van der Waals surface area contributed by atoms with Gasteiger partial charge in [0.05, 0.1) is 6.04 Å². The second-order valence-electron chi connectivity index (χ2n) is 4.03. The van der Waals surface area contributed by atoms with Gasteiger partial charge in [0, 0.05) is 12.1 Å². The first-order valence-electron chi connectivity index (χ1n) is 5.41. The molecular formula is C12H15ClN2O. The monoisotopic (exact) mass is 238 g/mol. The number of rotatable bonds is 2. The van der Waals surface area contributed by atoms with Gasteiger partial charge in [-0.15, -0.1) is 0 Å². The number of benzene rings is 1. The van der Waals surface area contributed by atoms with Gasteiger partial charge in [0.15, 0.2) is 0 Å². The van der Waals surface area contributed by atoms with E-state index in [0.717, 1.165) is 12.0 Å². The van der Waals surface area contributed by atoms with Gasteiger partial charge in [-0.3, -0.25) is 10.1 Å². The van der Waals surface area contributed by atoms with Crippen LogP contribution >= 0.6 is 11.6 Å². The Bertz CT molecular complexity index is 391. The van der Waals surface area contributed by atoms with Crippen molar-refractivity contribution in [2.24, 2.45) is 0 Å². The first kappa shape index (κ1) is 11.4. The van der Waals surface area contributed by atoms with E-state index in [-0.39, 0.29) is 18.1 Å². The third-order valence-corrected chi connectivity index (χ3v) is 3.24. The molecule has 1 aromatic carbocycles. The predicted molar refractivity (Wildman–Crippen MR) is 64.2 cm³/mol. The Balaban J connectivity index is 2.23. The summed E-state index contributed by atoms with van der Waals surface area (Å²) in [5, 5.41) is 4.02. The molecule has 2 rings (SSSR count). The highest BCUT2D eigenvalue weighted by molar-refractivity contribution is 6.30. The molecule has 0 aliphatic carbocycles. The van der Waals surface area contributed by atoms with Crippen LogP contribution in [0.1, 0.15) is 25.1 Å². The van der Waals surface area contributed by atoms with Gasteiger partial charge in [0.2, 0.25) is 5.91 Å². The van der Waals surface area contributed by atoms with E-state index >= 15 is 0 Å². The van der Waals surface area contributed by atoms with Crippen LogP contribution in [0.3, 0.4) is 0 Å². The maximum atomic E-state index is 11.8. The second-order valence-corrected chi connectivity index (χ2v) is 4.47. The quantitative estimate of drug-likeness (QED) is 0.857. The van der Waals surface area contributed by atoms with Crippen molar-refractivity contribution in [1.82, 2.24) is 10.2 Å². The lowest BCUT2D eigenvalue weighted by molar-refractivity contribution is -0.128. The summed E-state index contributed by atoms with van der Waals surface area (Å²) >= 11 is 5.84. The van der Waals surface area contributed by atoms with Crippen LogP contribution in [-0.4, -0.2) is 23.9 Å². The average molecular weight is 239 g/mol. The van der Waals surface area contributed by atoms with E-state index in [1.54, 1.807) is 4.90 Å². The summed E-state index contributed by atoms with van der Waals surface area (Å²) in [4.78, 5) is 13.6. The van der Waals surface area contributed by atoms with Gasteiger partial charge in [-0.2, -0.15) is 0 Å². The number of hydrogen-bond acceptors (Lipinski definition) is 2. The lowest BCUT2D eigenvalue weighted by atomic mass is 10.1. The fourth-order valence-electron chi connectivity index (χ4n) is 2.00. The lowest BCUT2D eigenvalue weighted by Crippen LogP contribution is -2.27. The number of carbonyl (C=O) groups is 1. The third kappa shape index (κ3) is 1.93. The minimum absolute atomic E-state index is 0.0327. The second kappa shape index (κ2) is 4.44. The van der Waals surface area contributed by atoms with Crippen molar-refractivity contribution in [3.63, 3.8) is 0 Å². The standard InChI is InChI=1S/C12H15ClN2O/c1-3-10-12(16)15(2)11(14-10)8-4-6-9(13)7-5-8/h4-7,10-11,14H,3H2,1-2H3. The number of carbonyl (C=O) groups excluding carboxylic acids is 1. The highest BCUT2D eigenvalue weighted by Crippen LogP contribution is 2.25. The van der Waals surface area contributed by atoms with E-state index in [1.807, 2.05) is 38.2 Å². The van der Waals surface area contributed by atoms with Crippen molar-refractivity contribution in [3.05, 3.63) is 34.9 Å². The molecule has 1 aliphatic rings. The minimum atomic E-state index is -0.0642. The highest BCUT2D eigenvalue weighted by atomic mass is 35.5. The zero-order chi connectivity index (χ0) is 11.7. The molecule has 1 N–H and O–H groups in total. The Kier molecular flexibility index (Phi) is 3.17. The molecule has 1 aliphatic heterocycles. The maximum absolute atomic E-state index is 11.8. The number of nitrogens with one attached hydrogen (secondary N) is 1. The van der Waals surface area contributed by atoms with Crippen LogP contribution in [0.25, 0.3) is 0 Å². The van der Waals surface area contributed by atoms with E-state index in [2.05, 4.69) is 5.32 Å². The minimum Gasteiger partial charge on any atom is -0.325 e. The molecule has 1 amide bonds. The van der Waals surface area contributed by atoms with Crippen molar-refractivity contribution >= 4 is 17.5 Å². The van der Waals surface area contributed by atoms with Gasteiger partial charge < -0.3 is 4.90 Å². The molecule has 0 spiro atoms. The van der Waals surface area contributed by atoms with E-state index in [0.29, 0.717) is 5.02 Å². The van der Waals surface area contributed by atoms with Crippen molar-refractivity contribution in [2.75, 3.05) is 7.05 Å². The van der Waals surface area contributed by atoms with Crippen molar-refractivity contribution in [3.8, 4) is 0 Å². The van der Waals surface area contributed by atoms with Gasteiger partial charge in [-0.25, -0.2) is 0 Å². The van der Waals surface area contributed by atoms with Crippen LogP contribution in [0, 0.1) is 0 Å². The molecule has 1 saturated heterocycles. The van der Waals surface area contributed by atoms with Gasteiger partial charge >= 0.3 is 0 Å². The molecule has 0 bridgehead atoms. The molecule has 3 nitrogen and oxygen atoms in total. The molecule has 2 atom stereocenters. The highest BCUT2D eigenvalue weighted by Gasteiger charge is 2.35.